The number of rotatable bonds is 5. The first-order valence-electron chi connectivity index (χ1n) is 13.0. The van der Waals surface area contributed by atoms with Crippen molar-refractivity contribution >= 4 is 38.5 Å². The first-order valence-corrected chi connectivity index (χ1v) is 13.0. The van der Waals surface area contributed by atoms with Crippen molar-refractivity contribution in [3.05, 3.63) is 65.7 Å². The number of ether oxygens (including phenoxy) is 4. The average molecular weight is 512 g/mol. The van der Waals surface area contributed by atoms with Gasteiger partial charge in [0.15, 0.2) is 5.76 Å². The van der Waals surface area contributed by atoms with E-state index < -0.39 is 0 Å². The Balaban J connectivity index is 1.43. The number of para-hydroxylation sites is 2. The SMILES string of the molecule is COC1=C[NH+]2C(CCC[C@H]2c2ncc(OC)c3c2[nH]c2c(OC)cccc23)c2[nH]c3c(OC)cccc3c21. The highest BCUT2D eigenvalue weighted by Gasteiger charge is 2.44. The minimum atomic E-state index is 0.132. The van der Waals surface area contributed by atoms with Gasteiger partial charge >= 0.3 is 0 Å². The lowest BCUT2D eigenvalue weighted by molar-refractivity contribution is -0.920. The molecule has 0 amide bonds. The van der Waals surface area contributed by atoms with Crippen molar-refractivity contribution in [3.8, 4) is 17.2 Å². The van der Waals surface area contributed by atoms with Crippen LogP contribution < -0.4 is 19.1 Å². The van der Waals surface area contributed by atoms with E-state index in [2.05, 4.69) is 28.3 Å². The van der Waals surface area contributed by atoms with Crippen molar-refractivity contribution in [2.24, 2.45) is 0 Å². The predicted molar refractivity (Wildman–Crippen MR) is 147 cm³/mol. The van der Waals surface area contributed by atoms with Gasteiger partial charge in [-0.15, -0.1) is 0 Å². The number of piperidine rings is 1. The lowest BCUT2D eigenvalue weighted by atomic mass is 9.87. The second-order valence-corrected chi connectivity index (χ2v) is 10.0. The van der Waals surface area contributed by atoms with E-state index >= 15 is 0 Å². The summed E-state index contributed by atoms with van der Waals surface area (Å²) < 4.78 is 23.1. The lowest BCUT2D eigenvalue weighted by Crippen LogP contribution is -3.09. The van der Waals surface area contributed by atoms with E-state index in [1.54, 1.807) is 28.4 Å². The summed E-state index contributed by atoms with van der Waals surface area (Å²) >= 11 is 0. The van der Waals surface area contributed by atoms with Crippen LogP contribution in [0.2, 0.25) is 0 Å². The third-order valence-electron chi connectivity index (χ3n) is 8.34. The number of H-pyrrole nitrogens is 2. The fourth-order valence-corrected chi connectivity index (χ4v) is 6.69. The van der Waals surface area contributed by atoms with Crippen LogP contribution in [0, 0.1) is 0 Å². The number of aromatic nitrogens is 3. The molecule has 8 heteroatoms. The van der Waals surface area contributed by atoms with Crippen molar-refractivity contribution < 1.29 is 23.8 Å². The quantitative estimate of drug-likeness (QED) is 0.308. The van der Waals surface area contributed by atoms with Gasteiger partial charge < -0.3 is 28.9 Å². The van der Waals surface area contributed by atoms with Gasteiger partial charge in [-0.1, -0.05) is 24.3 Å². The largest absolute Gasteiger partial charge is 0.495 e. The van der Waals surface area contributed by atoms with Gasteiger partial charge in [0.25, 0.3) is 0 Å². The maximum atomic E-state index is 6.01. The van der Waals surface area contributed by atoms with Crippen LogP contribution in [0.4, 0.5) is 0 Å². The maximum Gasteiger partial charge on any atom is 0.181 e. The zero-order chi connectivity index (χ0) is 26.0. The van der Waals surface area contributed by atoms with E-state index in [0.717, 1.165) is 86.2 Å². The van der Waals surface area contributed by atoms with Crippen LogP contribution in [-0.4, -0.2) is 43.4 Å². The predicted octanol–water partition coefficient (Wildman–Crippen LogP) is 5.03. The molecule has 2 aliphatic rings. The van der Waals surface area contributed by atoms with E-state index in [-0.39, 0.29) is 12.1 Å². The highest BCUT2D eigenvalue weighted by atomic mass is 16.5. The standard InChI is InChI=1S/C30H30N4O4/c1-35-20-12-6-9-17-25-23(38-4)15-34-18(28(25)32-26(17)20)10-7-11-19(34)29-30-24(22(37-3)14-31-29)16-8-5-13-21(36-2)27(16)33-30/h5-6,8-9,12-15,18-19,32-33H,7,10-11H2,1-4H3/p+1/t18?,19-/m0/s1. The molecule has 0 saturated carbocycles. The summed E-state index contributed by atoms with van der Waals surface area (Å²) in [5.74, 6) is 3.27. The first-order chi connectivity index (χ1) is 18.7. The van der Waals surface area contributed by atoms with Crippen molar-refractivity contribution in [3.63, 3.8) is 0 Å². The van der Waals surface area contributed by atoms with Gasteiger partial charge in [0.1, 0.15) is 41.2 Å². The summed E-state index contributed by atoms with van der Waals surface area (Å²) in [4.78, 5) is 13.7. The number of quaternary nitrogens is 1. The Labute approximate surface area is 220 Å². The molecule has 1 fully saturated rings. The molecule has 5 heterocycles. The number of benzene rings is 2. The zero-order valence-electron chi connectivity index (χ0n) is 22.0. The number of aromatic amines is 2. The Kier molecular flexibility index (Phi) is 5.26. The number of hydrogen-bond donors (Lipinski definition) is 3. The highest BCUT2D eigenvalue weighted by Crippen LogP contribution is 2.43. The monoisotopic (exact) mass is 511 g/mol. The third kappa shape index (κ3) is 3.10. The summed E-state index contributed by atoms with van der Waals surface area (Å²) in [5.41, 5.74) is 6.34. The number of methoxy groups -OCH3 is 4. The Morgan fingerprint density at radius 1 is 0.763 bits per heavy atom. The van der Waals surface area contributed by atoms with Crippen molar-refractivity contribution in [1.29, 1.82) is 0 Å². The lowest BCUT2D eigenvalue weighted by Gasteiger charge is -2.39. The van der Waals surface area contributed by atoms with Crippen LogP contribution in [0.3, 0.4) is 0 Å². The molecular formula is C30H31N4O4+. The van der Waals surface area contributed by atoms with Gasteiger partial charge in [-0.05, 0) is 18.6 Å². The Bertz CT molecular complexity index is 1730. The van der Waals surface area contributed by atoms with E-state index in [1.165, 1.54) is 10.6 Å². The Morgan fingerprint density at radius 2 is 1.45 bits per heavy atom. The third-order valence-corrected chi connectivity index (χ3v) is 8.34. The minimum absolute atomic E-state index is 0.132. The number of nitrogens with zero attached hydrogens (tertiary/aromatic N) is 1. The van der Waals surface area contributed by atoms with Gasteiger partial charge in [0.05, 0.1) is 67.8 Å². The first kappa shape index (κ1) is 23.0. The zero-order valence-corrected chi connectivity index (χ0v) is 22.0. The molecule has 2 unspecified atom stereocenters. The summed E-state index contributed by atoms with van der Waals surface area (Å²) in [6, 6.07) is 12.6. The molecule has 7 rings (SSSR count). The van der Waals surface area contributed by atoms with Crippen LogP contribution in [0.1, 0.15) is 48.3 Å². The summed E-state index contributed by atoms with van der Waals surface area (Å²) in [5, 5.41) is 3.23. The number of pyridine rings is 1. The van der Waals surface area contributed by atoms with E-state index in [9.17, 15) is 0 Å². The van der Waals surface area contributed by atoms with Crippen molar-refractivity contribution in [1.82, 2.24) is 15.0 Å². The smallest absolute Gasteiger partial charge is 0.181 e. The molecule has 0 spiro atoms. The number of hydrogen-bond acceptors (Lipinski definition) is 5. The van der Waals surface area contributed by atoms with E-state index in [0.29, 0.717) is 0 Å². The van der Waals surface area contributed by atoms with Gasteiger partial charge in [-0.3, -0.25) is 4.90 Å². The van der Waals surface area contributed by atoms with Crippen LogP contribution in [0.15, 0.2) is 48.8 Å². The molecule has 0 radical (unpaired) electrons. The van der Waals surface area contributed by atoms with Gasteiger partial charge in [-0.2, -0.15) is 0 Å². The Hall–Kier alpha value is -4.17. The van der Waals surface area contributed by atoms with E-state index in [4.69, 9.17) is 23.9 Å². The molecule has 2 aromatic carbocycles. The van der Waals surface area contributed by atoms with Crippen LogP contribution in [-0.2, 0) is 4.74 Å². The maximum absolute atomic E-state index is 6.01. The number of nitrogens with one attached hydrogen (secondary N) is 3. The minimum Gasteiger partial charge on any atom is -0.495 e. The fraction of sp³-hybridized carbons (Fsp3) is 0.300. The molecule has 0 aliphatic carbocycles. The fourth-order valence-electron chi connectivity index (χ4n) is 6.69. The van der Waals surface area contributed by atoms with Gasteiger partial charge in [0.2, 0.25) is 0 Å². The highest BCUT2D eigenvalue weighted by molar-refractivity contribution is 6.12. The van der Waals surface area contributed by atoms with Crippen LogP contribution in [0.5, 0.6) is 17.2 Å². The normalized spacial score (nSPS) is 20.7. The molecule has 2 aliphatic heterocycles. The van der Waals surface area contributed by atoms with Crippen LogP contribution >= 0.6 is 0 Å². The molecule has 8 nitrogen and oxygen atoms in total. The van der Waals surface area contributed by atoms with E-state index in [1.807, 2.05) is 30.5 Å². The molecule has 1 saturated heterocycles. The molecule has 3 aromatic heterocycles. The van der Waals surface area contributed by atoms with Gasteiger partial charge in [0, 0.05) is 23.6 Å². The summed E-state index contributed by atoms with van der Waals surface area (Å²) in [6.45, 7) is 0. The van der Waals surface area contributed by atoms with Crippen molar-refractivity contribution in [2.45, 2.75) is 31.3 Å². The molecule has 5 aromatic rings. The van der Waals surface area contributed by atoms with Crippen LogP contribution in [0.25, 0.3) is 38.5 Å². The van der Waals surface area contributed by atoms with Gasteiger partial charge in [-0.25, -0.2) is 4.98 Å². The number of fused-ring (bicyclic) bond motifs is 8. The second kappa shape index (κ2) is 8.70. The molecule has 0 bridgehead atoms. The summed E-state index contributed by atoms with van der Waals surface area (Å²) in [7, 11) is 6.86. The average Bonchev–Trinajstić information content (AvgIpc) is 3.56. The molecule has 38 heavy (non-hydrogen) atoms. The Morgan fingerprint density at radius 3 is 2.16 bits per heavy atom. The topological polar surface area (TPSA) is 85.8 Å². The van der Waals surface area contributed by atoms with Crippen molar-refractivity contribution in [2.75, 3.05) is 28.4 Å². The molecule has 194 valence electrons. The second-order valence-electron chi connectivity index (χ2n) is 10.0. The summed E-state index contributed by atoms with van der Waals surface area (Å²) in [6.07, 6.45) is 7.29. The molecular weight excluding hydrogens is 480 g/mol. The molecule has 3 N–H and O–H groups in total. The molecule has 3 atom stereocenters.